The first-order valence-corrected chi connectivity index (χ1v) is 7.33. The Bertz CT molecular complexity index is 351. The number of nitrogens with one attached hydrogen (secondary N) is 2. The summed E-state index contributed by atoms with van der Waals surface area (Å²) in [7, 11) is 0. The molecule has 7 nitrogen and oxygen atoms in total. The molecule has 0 aliphatic carbocycles. The number of urea groups is 1. The van der Waals surface area contributed by atoms with Crippen LogP contribution >= 0.6 is 11.8 Å². The van der Waals surface area contributed by atoms with Crippen molar-refractivity contribution >= 4 is 29.7 Å². The smallest absolute Gasteiger partial charge is 0.327 e. The van der Waals surface area contributed by atoms with Crippen LogP contribution in [-0.4, -0.2) is 58.7 Å². The number of nitrogens with zero attached hydrogens (tertiary/aromatic N) is 1. The molecule has 0 aromatic rings. The van der Waals surface area contributed by atoms with Crippen LogP contribution in [0.25, 0.3) is 0 Å². The summed E-state index contributed by atoms with van der Waals surface area (Å²) in [6.07, 6.45) is 1.06. The van der Waals surface area contributed by atoms with Gasteiger partial charge in [-0.3, -0.25) is 4.79 Å². The highest BCUT2D eigenvalue weighted by molar-refractivity contribution is 7.99. The number of amides is 3. The third-order valence-corrected chi connectivity index (χ3v) is 3.64. The molecule has 1 heterocycles. The molecule has 1 aliphatic heterocycles. The fourth-order valence-corrected chi connectivity index (χ4v) is 2.73. The van der Waals surface area contributed by atoms with Crippen molar-refractivity contribution < 1.29 is 19.5 Å². The van der Waals surface area contributed by atoms with Gasteiger partial charge in [0.1, 0.15) is 6.04 Å². The molecule has 1 saturated heterocycles. The Labute approximate surface area is 116 Å². The van der Waals surface area contributed by atoms with Crippen molar-refractivity contribution in [2.24, 2.45) is 0 Å². The summed E-state index contributed by atoms with van der Waals surface area (Å²) in [5, 5.41) is 14.2. The van der Waals surface area contributed by atoms with Crippen LogP contribution in [0.4, 0.5) is 4.79 Å². The first-order chi connectivity index (χ1) is 9.06. The molecule has 1 unspecified atom stereocenters. The Morgan fingerprint density at radius 1 is 1.32 bits per heavy atom. The second-order valence-electron chi connectivity index (χ2n) is 4.16. The molecular formula is C11H19N3O4S. The molecule has 0 bridgehead atoms. The molecule has 0 aromatic carbocycles. The van der Waals surface area contributed by atoms with Gasteiger partial charge in [0.2, 0.25) is 5.91 Å². The lowest BCUT2D eigenvalue weighted by atomic mass is 10.3. The number of carboxylic acid groups (broad SMARTS) is 1. The molecule has 0 spiro atoms. The predicted octanol–water partition coefficient (Wildman–Crippen LogP) is 0.0718. The predicted molar refractivity (Wildman–Crippen MR) is 71.9 cm³/mol. The zero-order valence-corrected chi connectivity index (χ0v) is 11.7. The average molecular weight is 289 g/mol. The first kappa shape index (κ1) is 15.6. The lowest BCUT2D eigenvalue weighted by Gasteiger charge is -2.20. The normalized spacial score (nSPS) is 18.2. The summed E-state index contributed by atoms with van der Waals surface area (Å²) in [5.74, 6) is -0.349. The van der Waals surface area contributed by atoms with Crippen LogP contribution in [0, 0.1) is 0 Å². The number of aliphatic carboxylic acids is 1. The van der Waals surface area contributed by atoms with Gasteiger partial charge in [-0.05, 0) is 6.42 Å². The Morgan fingerprint density at radius 2 is 2.05 bits per heavy atom. The number of carbonyl (C=O) groups excluding carboxylic acids is 2. The van der Waals surface area contributed by atoms with Gasteiger partial charge in [-0.15, -0.1) is 11.8 Å². The van der Waals surface area contributed by atoms with Gasteiger partial charge in [-0.25, -0.2) is 9.59 Å². The Kier molecular flexibility index (Phi) is 6.48. The van der Waals surface area contributed by atoms with E-state index in [2.05, 4.69) is 10.6 Å². The minimum Gasteiger partial charge on any atom is -0.480 e. The van der Waals surface area contributed by atoms with Crippen LogP contribution in [-0.2, 0) is 9.59 Å². The molecule has 19 heavy (non-hydrogen) atoms. The molecule has 8 heteroatoms. The lowest BCUT2D eigenvalue weighted by molar-refractivity contribution is -0.140. The second kappa shape index (κ2) is 7.88. The number of thioether (sulfide) groups is 1. The van der Waals surface area contributed by atoms with Gasteiger partial charge in [-0.2, -0.15) is 0 Å². The molecule has 3 amide bonds. The maximum atomic E-state index is 11.8. The average Bonchev–Trinajstić information content (AvgIpc) is 2.85. The molecule has 1 fully saturated rings. The first-order valence-electron chi connectivity index (χ1n) is 6.18. The summed E-state index contributed by atoms with van der Waals surface area (Å²) in [4.78, 5) is 35.3. The van der Waals surface area contributed by atoms with Crippen molar-refractivity contribution in [3.63, 3.8) is 0 Å². The second-order valence-corrected chi connectivity index (χ2v) is 5.16. The minimum absolute atomic E-state index is 0.118. The number of carbonyl (C=O) groups is 3. The van der Waals surface area contributed by atoms with Crippen molar-refractivity contribution in [1.29, 1.82) is 0 Å². The van der Waals surface area contributed by atoms with E-state index in [0.717, 1.165) is 6.42 Å². The van der Waals surface area contributed by atoms with Crippen molar-refractivity contribution in [2.75, 3.05) is 24.7 Å². The van der Waals surface area contributed by atoms with Crippen LogP contribution in [0.3, 0.4) is 0 Å². The van der Waals surface area contributed by atoms with Gasteiger partial charge >= 0.3 is 12.0 Å². The van der Waals surface area contributed by atoms with Gasteiger partial charge in [0.05, 0.1) is 5.88 Å². The van der Waals surface area contributed by atoms with Gasteiger partial charge in [0.15, 0.2) is 0 Å². The lowest BCUT2D eigenvalue weighted by Crippen LogP contribution is -2.47. The van der Waals surface area contributed by atoms with E-state index >= 15 is 0 Å². The summed E-state index contributed by atoms with van der Waals surface area (Å²) >= 11 is 1.40. The summed E-state index contributed by atoms with van der Waals surface area (Å²) in [6, 6.07) is -1.21. The fourth-order valence-electron chi connectivity index (χ4n) is 1.58. The molecule has 1 aliphatic rings. The monoisotopic (exact) mass is 289 g/mol. The van der Waals surface area contributed by atoms with Crippen molar-refractivity contribution in [3.05, 3.63) is 0 Å². The zero-order chi connectivity index (χ0) is 14.3. The Morgan fingerprint density at radius 3 is 2.68 bits per heavy atom. The third-order valence-electron chi connectivity index (χ3n) is 2.63. The Hall–Kier alpha value is -1.44. The van der Waals surface area contributed by atoms with Crippen molar-refractivity contribution in [3.8, 4) is 0 Å². The standard InChI is InChI=1S/C11H19N3O4S/c1-2-4-12-9(15)3-5-13-11(18)14-7-19-6-8(14)10(16)17/h8H,2-7H2,1H3,(H,12,15)(H,13,18)(H,16,17). The summed E-state index contributed by atoms with van der Waals surface area (Å²) in [6.45, 7) is 2.79. The highest BCUT2D eigenvalue weighted by Gasteiger charge is 2.34. The van der Waals surface area contributed by atoms with Crippen LogP contribution in [0.5, 0.6) is 0 Å². The van der Waals surface area contributed by atoms with E-state index in [9.17, 15) is 14.4 Å². The molecule has 1 rings (SSSR count). The highest BCUT2D eigenvalue weighted by atomic mass is 32.2. The van der Waals surface area contributed by atoms with E-state index in [1.165, 1.54) is 16.7 Å². The van der Waals surface area contributed by atoms with E-state index in [0.29, 0.717) is 18.2 Å². The quantitative estimate of drug-likeness (QED) is 0.643. The van der Waals surface area contributed by atoms with Crippen molar-refractivity contribution in [2.45, 2.75) is 25.8 Å². The van der Waals surface area contributed by atoms with Gasteiger partial charge in [0.25, 0.3) is 0 Å². The number of hydrogen-bond acceptors (Lipinski definition) is 4. The molecular weight excluding hydrogens is 270 g/mol. The van der Waals surface area contributed by atoms with E-state index in [1.807, 2.05) is 6.92 Å². The van der Waals surface area contributed by atoms with Gasteiger partial charge in [-0.1, -0.05) is 6.92 Å². The van der Waals surface area contributed by atoms with E-state index < -0.39 is 18.0 Å². The van der Waals surface area contributed by atoms with E-state index in [-0.39, 0.29) is 18.9 Å². The SMILES string of the molecule is CCCNC(=O)CCNC(=O)N1CSCC1C(=O)O. The zero-order valence-electron chi connectivity index (χ0n) is 10.8. The molecule has 1 atom stereocenters. The van der Waals surface area contributed by atoms with Crippen LogP contribution in [0.1, 0.15) is 19.8 Å². The maximum Gasteiger partial charge on any atom is 0.327 e. The van der Waals surface area contributed by atoms with E-state index in [1.54, 1.807) is 0 Å². The topological polar surface area (TPSA) is 98.7 Å². The minimum atomic E-state index is -0.999. The van der Waals surface area contributed by atoms with E-state index in [4.69, 9.17) is 5.11 Å². The maximum absolute atomic E-state index is 11.8. The van der Waals surface area contributed by atoms with Gasteiger partial charge < -0.3 is 20.6 Å². The summed E-state index contributed by atoms with van der Waals surface area (Å²) < 4.78 is 0. The molecule has 108 valence electrons. The van der Waals surface area contributed by atoms with Gasteiger partial charge in [0, 0.05) is 25.3 Å². The van der Waals surface area contributed by atoms with Crippen LogP contribution in [0.2, 0.25) is 0 Å². The number of rotatable bonds is 6. The number of hydrogen-bond donors (Lipinski definition) is 3. The van der Waals surface area contributed by atoms with Crippen LogP contribution in [0.15, 0.2) is 0 Å². The van der Waals surface area contributed by atoms with Crippen LogP contribution < -0.4 is 10.6 Å². The number of carboxylic acids is 1. The van der Waals surface area contributed by atoms with Crippen molar-refractivity contribution in [1.82, 2.24) is 15.5 Å². The Balaban J connectivity index is 2.27. The fraction of sp³-hybridized carbons (Fsp3) is 0.727. The summed E-state index contributed by atoms with van der Waals surface area (Å²) in [5.41, 5.74) is 0. The molecule has 3 N–H and O–H groups in total. The molecule has 0 radical (unpaired) electrons. The largest absolute Gasteiger partial charge is 0.480 e. The highest BCUT2D eigenvalue weighted by Crippen LogP contribution is 2.20. The molecule has 0 saturated carbocycles. The third kappa shape index (κ3) is 4.98. The molecule has 0 aromatic heterocycles.